The van der Waals surface area contributed by atoms with E-state index < -0.39 is 0 Å². The molecule has 1 radical (unpaired) electrons. The lowest BCUT2D eigenvalue weighted by Crippen LogP contribution is -1.93. The number of hydrogen-bond donors (Lipinski definition) is 0. The monoisotopic (exact) mass is 297 g/mol. The van der Waals surface area contributed by atoms with Crippen molar-refractivity contribution in [2.45, 2.75) is 51.1 Å². The predicted octanol–water partition coefficient (Wildman–Crippen LogP) is 5.77. The fraction of sp³-hybridized carbons (Fsp3) is 0.400. The normalized spacial score (nSPS) is 12.3. The molecule has 2 atom stereocenters. The third-order valence-corrected chi connectivity index (χ3v) is 4.71. The van der Waals surface area contributed by atoms with E-state index >= 15 is 0 Å². The van der Waals surface area contributed by atoms with E-state index in [1.807, 2.05) is 12.1 Å². The fourth-order valence-corrected chi connectivity index (χ4v) is 3.05. The summed E-state index contributed by atoms with van der Waals surface area (Å²) in [5, 5.41) is 0. The van der Waals surface area contributed by atoms with Crippen molar-refractivity contribution in [3.8, 4) is 0 Å². The Bertz CT molecular complexity index is 501. The molecule has 1 heteroatoms. The number of benzene rings is 2. The van der Waals surface area contributed by atoms with E-state index in [4.69, 9.17) is 0 Å². The predicted molar refractivity (Wildman–Crippen MR) is 95.7 cm³/mol. The lowest BCUT2D eigenvalue weighted by molar-refractivity contribution is 0.722. The molecule has 111 valence electrons. The highest BCUT2D eigenvalue weighted by Gasteiger charge is 2.05. The molecule has 0 bridgehead atoms. The largest absolute Gasteiger partial charge is 0.130 e. The topological polar surface area (TPSA) is 0 Å². The first-order chi connectivity index (χ1) is 10.3. The van der Waals surface area contributed by atoms with E-state index in [1.165, 1.54) is 48.8 Å². The quantitative estimate of drug-likeness (QED) is 0.543. The van der Waals surface area contributed by atoms with Gasteiger partial charge in [0.15, 0.2) is 0 Å². The van der Waals surface area contributed by atoms with Gasteiger partial charge in [0.2, 0.25) is 0 Å². The third-order valence-electron chi connectivity index (χ3n) is 3.99. The van der Waals surface area contributed by atoms with Crippen LogP contribution in [0, 0.1) is 6.07 Å². The van der Waals surface area contributed by atoms with Gasteiger partial charge in [-0.15, -0.1) is 9.24 Å². The minimum absolute atomic E-state index is 0.570. The SMILES string of the molecule is CCCCc1ccc(C(P)CCCc2cc[c]cc2)cc1. The summed E-state index contributed by atoms with van der Waals surface area (Å²) in [5.41, 5.74) is 4.90. The van der Waals surface area contributed by atoms with Gasteiger partial charge in [0, 0.05) is 0 Å². The van der Waals surface area contributed by atoms with Crippen molar-refractivity contribution in [1.29, 1.82) is 0 Å². The number of aryl methyl sites for hydroxylation is 2. The molecule has 2 aromatic carbocycles. The maximum absolute atomic E-state index is 3.07. The summed E-state index contributed by atoms with van der Waals surface area (Å²) in [5.74, 6) is 0. The van der Waals surface area contributed by atoms with Crippen molar-refractivity contribution in [1.82, 2.24) is 0 Å². The molecule has 0 amide bonds. The molecule has 21 heavy (non-hydrogen) atoms. The van der Waals surface area contributed by atoms with E-state index in [1.54, 1.807) is 0 Å². The summed E-state index contributed by atoms with van der Waals surface area (Å²) in [6, 6.07) is 20.6. The standard InChI is InChI=1S/C20H26P/c1-2-3-8-18-13-15-19(16-14-18)20(21)12-7-11-17-9-5-4-6-10-17/h5-6,9-10,13-16,20H,2-3,7-8,11-12,21H2,1H3. The molecule has 0 aliphatic rings. The Hall–Kier alpha value is -1.13. The van der Waals surface area contributed by atoms with Crippen molar-refractivity contribution in [2.75, 3.05) is 0 Å². The second kappa shape index (κ2) is 9.00. The Kier molecular flexibility index (Phi) is 6.96. The fourth-order valence-electron chi connectivity index (χ4n) is 2.59. The first kappa shape index (κ1) is 16.2. The van der Waals surface area contributed by atoms with Crippen LogP contribution in [0.2, 0.25) is 0 Å². The van der Waals surface area contributed by atoms with Crippen LogP contribution in [0.4, 0.5) is 0 Å². The zero-order valence-corrected chi connectivity index (χ0v) is 14.2. The molecule has 0 spiro atoms. The second-order valence-corrected chi connectivity index (χ2v) is 6.56. The van der Waals surface area contributed by atoms with E-state index in [0.717, 1.165) is 6.42 Å². The Morgan fingerprint density at radius 1 is 0.905 bits per heavy atom. The van der Waals surface area contributed by atoms with Crippen molar-refractivity contribution in [3.05, 3.63) is 71.3 Å². The van der Waals surface area contributed by atoms with Gasteiger partial charge in [-0.05, 0) is 60.5 Å². The summed E-state index contributed by atoms with van der Waals surface area (Å²) in [4.78, 5) is 0. The van der Waals surface area contributed by atoms with E-state index in [0.29, 0.717) is 5.66 Å². The van der Waals surface area contributed by atoms with Crippen LogP contribution in [0.3, 0.4) is 0 Å². The molecule has 0 fully saturated rings. The minimum atomic E-state index is 0.570. The zero-order valence-electron chi connectivity index (χ0n) is 13.0. The highest BCUT2D eigenvalue weighted by atomic mass is 31.0. The molecule has 0 aliphatic heterocycles. The van der Waals surface area contributed by atoms with Crippen LogP contribution in [-0.2, 0) is 12.8 Å². The molecule has 0 aromatic heterocycles. The van der Waals surface area contributed by atoms with Crippen molar-refractivity contribution >= 4 is 9.24 Å². The lowest BCUT2D eigenvalue weighted by Gasteiger charge is -2.12. The second-order valence-electron chi connectivity index (χ2n) is 5.75. The minimum Gasteiger partial charge on any atom is -0.130 e. The van der Waals surface area contributed by atoms with Gasteiger partial charge in [0.05, 0.1) is 0 Å². The molecule has 2 unspecified atom stereocenters. The molecule has 0 saturated carbocycles. The van der Waals surface area contributed by atoms with Gasteiger partial charge >= 0.3 is 0 Å². The molecule has 0 heterocycles. The number of unbranched alkanes of at least 4 members (excludes halogenated alkanes) is 1. The average molecular weight is 297 g/mol. The molecule has 0 aliphatic carbocycles. The molecule has 2 rings (SSSR count). The van der Waals surface area contributed by atoms with Crippen molar-refractivity contribution in [3.63, 3.8) is 0 Å². The van der Waals surface area contributed by atoms with Gasteiger partial charge in [0.25, 0.3) is 0 Å². The zero-order chi connectivity index (χ0) is 14.9. The highest BCUT2D eigenvalue weighted by Crippen LogP contribution is 2.29. The maximum Gasteiger partial charge on any atom is -0.00145 e. The molecule has 0 nitrogen and oxygen atoms in total. The molecule has 2 aromatic rings. The van der Waals surface area contributed by atoms with E-state index in [2.05, 4.69) is 58.6 Å². The van der Waals surface area contributed by atoms with Crippen LogP contribution in [0.1, 0.15) is 55.0 Å². The van der Waals surface area contributed by atoms with E-state index in [-0.39, 0.29) is 0 Å². The Morgan fingerprint density at radius 2 is 1.52 bits per heavy atom. The van der Waals surface area contributed by atoms with Crippen LogP contribution in [0.25, 0.3) is 0 Å². The summed E-state index contributed by atoms with van der Waals surface area (Å²) < 4.78 is 0. The lowest BCUT2D eigenvalue weighted by atomic mass is 10.0. The van der Waals surface area contributed by atoms with Crippen LogP contribution in [0.5, 0.6) is 0 Å². The summed E-state index contributed by atoms with van der Waals surface area (Å²) in [6.07, 6.45) is 7.38. The molecule has 0 saturated heterocycles. The summed E-state index contributed by atoms with van der Waals surface area (Å²) in [6.45, 7) is 2.25. The van der Waals surface area contributed by atoms with Crippen molar-refractivity contribution < 1.29 is 0 Å². The van der Waals surface area contributed by atoms with Gasteiger partial charge in [-0.3, -0.25) is 0 Å². The Balaban J connectivity index is 1.78. The van der Waals surface area contributed by atoms with E-state index in [9.17, 15) is 0 Å². The number of hydrogen-bond acceptors (Lipinski definition) is 0. The van der Waals surface area contributed by atoms with Gasteiger partial charge < -0.3 is 0 Å². The van der Waals surface area contributed by atoms with Crippen LogP contribution in [0.15, 0.2) is 48.5 Å². The molecular formula is C20H26P. The van der Waals surface area contributed by atoms with Gasteiger partial charge in [0.1, 0.15) is 0 Å². The van der Waals surface area contributed by atoms with Crippen LogP contribution >= 0.6 is 9.24 Å². The summed E-state index contributed by atoms with van der Waals surface area (Å²) >= 11 is 0. The smallest absolute Gasteiger partial charge is 0.00145 e. The first-order valence-corrected chi connectivity index (χ1v) is 8.75. The third kappa shape index (κ3) is 5.64. The van der Waals surface area contributed by atoms with Crippen molar-refractivity contribution in [2.24, 2.45) is 0 Å². The van der Waals surface area contributed by atoms with Gasteiger partial charge in [-0.1, -0.05) is 61.9 Å². The molecular weight excluding hydrogens is 271 g/mol. The van der Waals surface area contributed by atoms with Crippen LogP contribution < -0.4 is 0 Å². The van der Waals surface area contributed by atoms with Gasteiger partial charge in [-0.25, -0.2) is 0 Å². The van der Waals surface area contributed by atoms with Crippen LogP contribution in [-0.4, -0.2) is 0 Å². The molecule has 0 N–H and O–H groups in total. The Labute approximate surface area is 132 Å². The number of rotatable bonds is 8. The average Bonchev–Trinajstić information content (AvgIpc) is 2.54. The maximum atomic E-state index is 3.07. The highest BCUT2D eigenvalue weighted by molar-refractivity contribution is 7.17. The first-order valence-electron chi connectivity index (χ1n) is 8.09. The Morgan fingerprint density at radius 3 is 2.19 bits per heavy atom. The summed E-state index contributed by atoms with van der Waals surface area (Å²) in [7, 11) is 3.01. The van der Waals surface area contributed by atoms with Gasteiger partial charge in [-0.2, -0.15) is 0 Å².